The molecular formula is C12H21N3O2S. The molecule has 1 saturated heterocycles. The van der Waals surface area contributed by atoms with Crippen molar-refractivity contribution in [2.24, 2.45) is 12.8 Å². The minimum Gasteiger partial charge on any atom is -0.356 e. The second kappa shape index (κ2) is 5.03. The van der Waals surface area contributed by atoms with Gasteiger partial charge in [0, 0.05) is 38.1 Å². The second-order valence-corrected chi connectivity index (χ2v) is 6.86. The lowest BCUT2D eigenvalue weighted by Gasteiger charge is -2.38. The molecule has 0 aromatic carbocycles. The van der Waals surface area contributed by atoms with E-state index in [2.05, 4.69) is 0 Å². The van der Waals surface area contributed by atoms with Gasteiger partial charge in [-0.3, -0.25) is 0 Å². The third kappa shape index (κ3) is 2.32. The first-order valence-electron chi connectivity index (χ1n) is 6.32. The van der Waals surface area contributed by atoms with Gasteiger partial charge in [-0.25, -0.2) is 8.42 Å². The van der Waals surface area contributed by atoms with Gasteiger partial charge in [-0.05, 0) is 25.8 Å². The number of aromatic nitrogens is 1. The summed E-state index contributed by atoms with van der Waals surface area (Å²) in [6.45, 7) is 2.35. The van der Waals surface area contributed by atoms with Gasteiger partial charge in [0.25, 0.3) is 0 Å². The van der Waals surface area contributed by atoms with Gasteiger partial charge in [0.1, 0.15) is 0 Å². The average Bonchev–Trinajstić information content (AvgIpc) is 2.75. The third-order valence-corrected chi connectivity index (χ3v) is 5.66. The van der Waals surface area contributed by atoms with Crippen LogP contribution in [0.5, 0.6) is 0 Å². The molecule has 18 heavy (non-hydrogen) atoms. The lowest BCUT2D eigenvalue weighted by molar-refractivity contribution is 0.196. The minimum absolute atomic E-state index is 0.0255. The number of hydrogen-bond acceptors (Lipinski definition) is 3. The first-order valence-corrected chi connectivity index (χ1v) is 7.76. The first-order chi connectivity index (χ1) is 8.46. The number of nitrogens with two attached hydrogens (primary N) is 1. The highest BCUT2D eigenvalue weighted by atomic mass is 32.2. The Kier molecular flexibility index (Phi) is 3.79. The molecule has 0 amide bonds. The summed E-state index contributed by atoms with van der Waals surface area (Å²) >= 11 is 0. The molecule has 2 heterocycles. The normalized spacial score (nSPS) is 26.4. The molecule has 0 bridgehead atoms. The minimum atomic E-state index is -3.42. The van der Waals surface area contributed by atoms with Crippen molar-refractivity contribution in [3.8, 4) is 0 Å². The lowest BCUT2D eigenvalue weighted by Crippen LogP contribution is -2.51. The SMILES string of the molecule is CC1CCCC(CN)N1S(=O)(=O)c1ccn(C)c1. The summed E-state index contributed by atoms with van der Waals surface area (Å²) in [6.07, 6.45) is 6.20. The van der Waals surface area contributed by atoms with E-state index in [4.69, 9.17) is 5.73 Å². The van der Waals surface area contributed by atoms with E-state index >= 15 is 0 Å². The van der Waals surface area contributed by atoms with Crippen molar-refractivity contribution in [1.29, 1.82) is 0 Å². The molecular weight excluding hydrogens is 250 g/mol. The molecule has 0 radical (unpaired) electrons. The van der Waals surface area contributed by atoms with Gasteiger partial charge in [-0.15, -0.1) is 0 Å². The fraction of sp³-hybridized carbons (Fsp3) is 0.667. The zero-order chi connectivity index (χ0) is 13.3. The van der Waals surface area contributed by atoms with Crippen molar-refractivity contribution < 1.29 is 8.42 Å². The van der Waals surface area contributed by atoms with Crippen molar-refractivity contribution in [3.63, 3.8) is 0 Å². The number of hydrogen-bond donors (Lipinski definition) is 1. The van der Waals surface area contributed by atoms with Crippen molar-refractivity contribution in [3.05, 3.63) is 18.5 Å². The van der Waals surface area contributed by atoms with E-state index in [1.807, 2.05) is 14.0 Å². The molecule has 1 fully saturated rings. The molecule has 5 nitrogen and oxygen atoms in total. The van der Waals surface area contributed by atoms with Gasteiger partial charge in [-0.1, -0.05) is 6.42 Å². The Balaban J connectivity index is 2.38. The number of aryl methyl sites for hydroxylation is 1. The predicted octanol–water partition coefficient (Wildman–Crippen LogP) is 0.916. The summed E-state index contributed by atoms with van der Waals surface area (Å²) in [4.78, 5) is 0.359. The molecule has 2 N–H and O–H groups in total. The Bertz CT molecular complexity index is 509. The van der Waals surface area contributed by atoms with E-state index < -0.39 is 10.0 Å². The molecule has 2 unspecified atom stereocenters. The van der Waals surface area contributed by atoms with Gasteiger partial charge in [-0.2, -0.15) is 4.31 Å². The van der Waals surface area contributed by atoms with E-state index in [-0.39, 0.29) is 12.1 Å². The van der Waals surface area contributed by atoms with Crippen molar-refractivity contribution >= 4 is 10.0 Å². The van der Waals surface area contributed by atoms with Crippen LogP contribution in [-0.4, -0.2) is 35.9 Å². The van der Waals surface area contributed by atoms with Crippen molar-refractivity contribution in [2.75, 3.05) is 6.54 Å². The predicted molar refractivity (Wildman–Crippen MR) is 70.6 cm³/mol. The number of nitrogens with zero attached hydrogens (tertiary/aromatic N) is 2. The van der Waals surface area contributed by atoms with Crippen LogP contribution in [0.25, 0.3) is 0 Å². The summed E-state index contributed by atoms with van der Waals surface area (Å²) in [5.41, 5.74) is 5.72. The van der Waals surface area contributed by atoms with Gasteiger partial charge in [0.05, 0.1) is 4.90 Å². The van der Waals surface area contributed by atoms with E-state index in [1.54, 1.807) is 27.3 Å². The lowest BCUT2D eigenvalue weighted by atomic mass is 10.00. The maximum atomic E-state index is 12.6. The van der Waals surface area contributed by atoms with Crippen LogP contribution in [0.1, 0.15) is 26.2 Å². The number of rotatable bonds is 3. The summed E-state index contributed by atoms with van der Waals surface area (Å²) in [5.74, 6) is 0. The number of sulfonamides is 1. The first kappa shape index (κ1) is 13.6. The van der Waals surface area contributed by atoms with Crippen LogP contribution in [0, 0.1) is 0 Å². The van der Waals surface area contributed by atoms with E-state index in [0.717, 1.165) is 19.3 Å². The topological polar surface area (TPSA) is 68.3 Å². The van der Waals surface area contributed by atoms with Crippen molar-refractivity contribution in [2.45, 2.75) is 43.2 Å². The molecule has 2 atom stereocenters. The van der Waals surface area contributed by atoms with Crippen molar-refractivity contribution in [1.82, 2.24) is 8.87 Å². The highest BCUT2D eigenvalue weighted by Gasteiger charge is 2.37. The molecule has 0 spiro atoms. The maximum Gasteiger partial charge on any atom is 0.245 e. The van der Waals surface area contributed by atoms with Crippen LogP contribution in [0.15, 0.2) is 23.4 Å². The van der Waals surface area contributed by atoms with Crippen LogP contribution in [0.4, 0.5) is 0 Å². The zero-order valence-corrected chi connectivity index (χ0v) is 11.7. The third-order valence-electron chi connectivity index (χ3n) is 3.61. The maximum absolute atomic E-state index is 12.6. The molecule has 1 aliphatic heterocycles. The molecule has 2 rings (SSSR count). The molecule has 1 aliphatic rings. The smallest absolute Gasteiger partial charge is 0.245 e. The molecule has 0 saturated carbocycles. The summed E-state index contributed by atoms with van der Waals surface area (Å²) in [6, 6.07) is 1.60. The Hall–Kier alpha value is -0.850. The van der Waals surface area contributed by atoms with E-state index in [1.165, 1.54) is 0 Å². The van der Waals surface area contributed by atoms with E-state index in [9.17, 15) is 8.42 Å². The van der Waals surface area contributed by atoms with E-state index in [0.29, 0.717) is 11.4 Å². The molecule has 102 valence electrons. The fourth-order valence-electron chi connectivity index (χ4n) is 2.67. The summed E-state index contributed by atoms with van der Waals surface area (Å²) in [7, 11) is -1.60. The number of piperidine rings is 1. The Morgan fingerprint density at radius 1 is 1.44 bits per heavy atom. The average molecular weight is 271 g/mol. The van der Waals surface area contributed by atoms with Crippen LogP contribution >= 0.6 is 0 Å². The molecule has 1 aromatic heterocycles. The zero-order valence-electron chi connectivity index (χ0n) is 10.9. The van der Waals surface area contributed by atoms with Crippen LogP contribution in [0.3, 0.4) is 0 Å². The molecule has 0 aliphatic carbocycles. The summed E-state index contributed by atoms with van der Waals surface area (Å²) in [5, 5.41) is 0. The monoisotopic (exact) mass is 271 g/mol. The van der Waals surface area contributed by atoms with Gasteiger partial charge < -0.3 is 10.3 Å². The van der Waals surface area contributed by atoms with Crippen LogP contribution in [0.2, 0.25) is 0 Å². The largest absolute Gasteiger partial charge is 0.356 e. The Morgan fingerprint density at radius 2 is 2.17 bits per heavy atom. The standard InChI is InChI=1S/C12H21N3O2S/c1-10-4-3-5-11(8-13)15(10)18(16,17)12-6-7-14(2)9-12/h6-7,9-11H,3-5,8,13H2,1-2H3. The highest BCUT2D eigenvalue weighted by molar-refractivity contribution is 7.89. The van der Waals surface area contributed by atoms with Crippen LogP contribution in [-0.2, 0) is 17.1 Å². The summed E-state index contributed by atoms with van der Waals surface area (Å²) < 4.78 is 28.6. The van der Waals surface area contributed by atoms with Gasteiger partial charge >= 0.3 is 0 Å². The quantitative estimate of drug-likeness (QED) is 0.888. The second-order valence-electron chi connectivity index (χ2n) is 5.02. The Labute approximate surface area is 109 Å². The highest BCUT2D eigenvalue weighted by Crippen LogP contribution is 2.29. The molecule has 1 aromatic rings. The molecule has 6 heteroatoms. The van der Waals surface area contributed by atoms with Crippen LogP contribution < -0.4 is 5.73 Å². The fourth-order valence-corrected chi connectivity index (χ4v) is 4.61. The van der Waals surface area contributed by atoms with Gasteiger partial charge in [0.15, 0.2) is 0 Å². The Morgan fingerprint density at radius 3 is 2.72 bits per heavy atom. The van der Waals surface area contributed by atoms with Gasteiger partial charge in [0.2, 0.25) is 10.0 Å².